The van der Waals surface area contributed by atoms with Gasteiger partial charge in [0.2, 0.25) is 0 Å². The molecule has 2 atom stereocenters. The minimum atomic E-state index is -0.544. The largest absolute Gasteiger partial charge is 0.387 e. The summed E-state index contributed by atoms with van der Waals surface area (Å²) in [6.45, 7) is 4.81. The summed E-state index contributed by atoms with van der Waals surface area (Å²) in [4.78, 5) is 0. The van der Waals surface area contributed by atoms with Crippen molar-refractivity contribution < 1.29 is 5.11 Å². The third-order valence-corrected chi connectivity index (χ3v) is 3.98. The molecular weight excluding hydrogens is 254 g/mol. The lowest BCUT2D eigenvalue weighted by Crippen LogP contribution is -2.32. The Morgan fingerprint density at radius 2 is 2.12 bits per heavy atom. The molecule has 96 valence electrons. The highest BCUT2D eigenvalue weighted by atomic mass is 35.5. The molecule has 0 heterocycles. The van der Waals surface area contributed by atoms with Gasteiger partial charge in [-0.15, -0.1) is 0 Å². The van der Waals surface area contributed by atoms with E-state index in [4.69, 9.17) is 11.6 Å². The zero-order valence-corrected chi connectivity index (χ0v) is 11.9. The molecule has 0 bridgehead atoms. The van der Waals surface area contributed by atoms with Crippen LogP contribution in [-0.2, 0) is 0 Å². The summed E-state index contributed by atoms with van der Waals surface area (Å²) >= 11 is 7.92. The quantitative estimate of drug-likeness (QED) is 0.801. The Hall–Kier alpha value is -0.220. The average molecular weight is 274 g/mol. The van der Waals surface area contributed by atoms with Crippen molar-refractivity contribution in [3.8, 4) is 0 Å². The van der Waals surface area contributed by atoms with Crippen LogP contribution in [0.2, 0.25) is 5.02 Å². The molecule has 4 heteroatoms. The maximum Gasteiger partial charge on any atom is 0.0928 e. The first kappa shape index (κ1) is 14.8. The number of aliphatic hydroxyl groups excluding tert-OH is 1. The molecule has 0 aliphatic heterocycles. The molecule has 1 rings (SSSR count). The van der Waals surface area contributed by atoms with E-state index in [0.29, 0.717) is 17.6 Å². The van der Waals surface area contributed by atoms with E-state index in [2.05, 4.69) is 19.2 Å². The highest BCUT2D eigenvalue weighted by molar-refractivity contribution is 7.99. The zero-order chi connectivity index (χ0) is 12.7. The second kappa shape index (κ2) is 7.98. The van der Waals surface area contributed by atoms with Crippen molar-refractivity contribution in [1.82, 2.24) is 5.32 Å². The minimum Gasteiger partial charge on any atom is -0.387 e. The molecule has 2 nitrogen and oxygen atoms in total. The Labute approximate surface area is 113 Å². The molecular formula is C13H20ClNOS. The van der Waals surface area contributed by atoms with Gasteiger partial charge in [0.15, 0.2) is 0 Å². The third kappa shape index (κ3) is 5.30. The summed E-state index contributed by atoms with van der Waals surface area (Å²) in [5.74, 6) is 2.19. The molecule has 17 heavy (non-hydrogen) atoms. The SMILES string of the molecule is CCSCC(C)NCC(O)c1ccccc1Cl. The Morgan fingerprint density at radius 1 is 1.41 bits per heavy atom. The molecule has 2 unspecified atom stereocenters. The van der Waals surface area contributed by atoms with Gasteiger partial charge in [0, 0.05) is 28.9 Å². The normalized spacial score (nSPS) is 14.6. The van der Waals surface area contributed by atoms with Crippen molar-refractivity contribution in [2.24, 2.45) is 0 Å². The van der Waals surface area contributed by atoms with Gasteiger partial charge in [-0.1, -0.05) is 36.7 Å². The van der Waals surface area contributed by atoms with Gasteiger partial charge in [0.05, 0.1) is 6.10 Å². The lowest BCUT2D eigenvalue weighted by atomic mass is 10.1. The molecule has 0 aromatic heterocycles. The maximum absolute atomic E-state index is 10.0. The van der Waals surface area contributed by atoms with Crippen molar-refractivity contribution in [2.75, 3.05) is 18.1 Å². The van der Waals surface area contributed by atoms with Crippen LogP contribution in [0.3, 0.4) is 0 Å². The van der Waals surface area contributed by atoms with Gasteiger partial charge < -0.3 is 10.4 Å². The first-order valence-electron chi connectivity index (χ1n) is 5.88. The van der Waals surface area contributed by atoms with Crippen LogP contribution in [0, 0.1) is 0 Å². The topological polar surface area (TPSA) is 32.3 Å². The van der Waals surface area contributed by atoms with E-state index in [0.717, 1.165) is 17.1 Å². The molecule has 0 radical (unpaired) electrons. The fourth-order valence-electron chi connectivity index (χ4n) is 1.52. The second-order valence-electron chi connectivity index (χ2n) is 4.01. The van der Waals surface area contributed by atoms with Crippen molar-refractivity contribution in [3.05, 3.63) is 34.9 Å². The number of aliphatic hydroxyl groups is 1. The standard InChI is InChI=1S/C13H20ClNOS/c1-3-17-9-10(2)15-8-13(16)11-6-4-5-7-12(11)14/h4-7,10,13,15-16H,3,8-9H2,1-2H3. The van der Waals surface area contributed by atoms with E-state index >= 15 is 0 Å². The van der Waals surface area contributed by atoms with Crippen LogP contribution in [0.25, 0.3) is 0 Å². The van der Waals surface area contributed by atoms with Gasteiger partial charge in [0.25, 0.3) is 0 Å². The van der Waals surface area contributed by atoms with Crippen molar-refractivity contribution in [3.63, 3.8) is 0 Å². The number of thioether (sulfide) groups is 1. The van der Waals surface area contributed by atoms with Crippen LogP contribution in [0.1, 0.15) is 25.5 Å². The lowest BCUT2D eigenvalue weighted by Gasteiger charge is -2.17. The highest BCUT2D eigenvalue weighted by Crippen LogP contribution is 2.21. The van der Waals surface area contributed by atoms with E-state index in [-0.39, 0.29) is 0 Å². The molecule has 0 fully saturated rings. The Balaban J connectivity index is 2.39. The van der Waals surface area contributed by atoms with Gasteiger partial charge in [-0.05, 0) is 18.7 Å². The first-order chi connectivity index (χ1) is 8.15. The summed E-state index contributed by atoms with van der Waals surface area (Å²) in [5.41, 5.74) is 0.789. The molecule has 0 saturated carbocycles. The molecule has 0 aliphatic carbocycles. The molecule has 2 N–H and O–H groups in total. The second-order valence-corrected chi connectivity index (χ2v) is 5.73. The molecule has 0 aliphatic rings. The first-order valence-corrected chi connectivity index (χ1v) is 7.42. The van der Waals surface area contributed by atoms with Crippen LogP contribution in [0.4, 0.5) is 0 Å². The van der Waals surface area contributed by atoms with Crippen LogP contribution >= 0.6 is 23.4 Å². The molecule has 1 aromatic carbocycles. The van der Waals surface area contributed by atoms with Crippen molar-refractivity contribution >= 4 is 23.4 Å². The highest BCUT2D eigenvalue weighted by Gasteiger charge is 2.11. The third-order valence-electron chi connectivity index (χ3n) is 2.50. The van der Waals surface area contributed by atoms with E-state index in [9.17, 15) is 5.11 Å². The summed E-state index contributed by atoms with van der Waals surface area (Å²) in [6.07, 6.45) is -0.544. The fraction of sp³-hybridized carbons (Fsp3) is 0.538. The number of hydrogen-bond donors (Lipinski definition) is 2. The summed E-state index contributed by atoms with van der Waals surface area (Å²) < 4.78 is 0. The average Bonchev–Trinajstić information content (AvgIpc) is 2.34. The Kier molecular flexibility index (Phi) is 6.97. The van der Waals surface area contributed by atoms with Crippen LogP contribution < -0.4 is 5.32 Å². The number of halogens is 1. The predicted octanol–water partition coefficient (Wildman–Crippen LogP) is 3.10. The molecule has 0 amide bonds. The number of hydrogen-bond acceptors (Lipinski definition) is 3. The Bertz CT molecular complexity index is 335. The predicted molar refractivity (Wildman–Crippen MR) is 76.9 cm³/mol. The number of nitrogens with one attached hydrogen (secondary N) is 1. The van der Waals surface area contributed by atoms with Gasteiger partial charge in [-0.2, -0.15) is 11.8 Å². The minimum absolute atomic E-state index is 0.400. The van der Waals surface area contributed by atoms with E-state index < -0.39 is 6.10 Å². The fourth-order valence-corrected chi connectivity index (χ4v) is 2.49. The van der Waals surface area contributed by atoms with Gasteiger partial charge in [-0.25, -0.2) is 0 Å². The van der Waals surface area contributed by atoms with E-state index in [1.807, 2.05) is 30.0 Å². The smallest absolute Gasteiger partial charge is 0.0928 e. The maximum atomic E-state index is 10.0. The van der Waals surface area contributed by atoms with Crippen molar-refractivity contribution in [1.29, 1.82) is 0 Å². The summed E-state index contributed by atoms with van der Waals surface area (Å²) in [6, 6.07) is 7.82. The molecule has 0 saturated heterocycles. The monoisotopic (exact) mass is 273 g/mol. The number of benzene rings is 1. The van der Waals surface area contributed by atoms with Gasteiger partial charge in [0.1, 0.15) is 0 Å². The van der Waals surface area contributed by atoms with Gasteiger partial charge >= 0.3 is 0 Å². The lowest BCUT2D eigenvalue weighted by molar-refractivity contribution is 0.172. The molecule has 0 spiro atoms. The zero-order valence-electron chi connectivity index (χ0n) is 10.3. The van der Waals surface area contributed by atoms with E-state index in [1.54, 1.807) is 6.07 Å². The van der Waals surface area contributed by atoms with Crippen LogP contribution in [-0.4, -0.2) is 29.2 Å². The molecule has 1 aromatic rings. The summed E-state index contributed by atoms with van der Waals surface area (Å²) in [5, 5.41) is 14.0. The Morgan fingerprint density at radius 3 is 2.76 bits per heavy atom. The summed E-state index contributed by atoms with van der Waals surface area (Å²) in [7, 11) is 0. The van der Waals surface area contributed by atoms with Gasteiger partial charge in [-0.3, -0.25) is 0 Å². The van der Waals surface area contributed by atoms with Crippen molar-refractivity contribution in [2.45, 2.75) is 26.0 Å². The van der Waals surface area contributed by atoms with Crippen LogP contribution in [0.5, 0.6) is 0 Å². The van der Waals surface area contributed by atoms with Crippen LogP contribution in [0.15, 0.2) is 24.3 Å². The number of rotatable bonds is 7. The van der Waals surface area contributed by atoms with E-state index in [1.165, 1.54) is 0 Å².